The number of anilines is 1. The largest absolute Gasteiger partial charge is 0.407 e. The van der Waals surface area contributed by atoms with Gasteiger partial charge in [0, 0.05) is 28.8 Å². The van der Waals surface area contributed by atoms with E-state index in [2.05, 4.69) is 41.5 Å². The molecule has 1 N–H and O–H groups in total. The fourth-order valence-electron chi connectivity index (χ4n) is 3.93. The van der Waals surface area contributed by atoms with Gasteiger partial charge in [0.05, 0.1) is 23.5 Å². The second kappa shape index (κ2) is 11.1. The molecule has 4 rings (SSSR count). The molecule has 1 saturated heterocycles. The lowest BCUT2D eigenvalue weighted by Gasteiger charge is -2.34. The van der Waals surface area contributed by atoms with Crippen LogP contribution in [0.5, 0.6) is 0 Å². The molecule has 1 aliphatic rings. The van der Waals surface area contributed by atoms with Crippen molar-refractivity contribution in [1.82, 2.24) is 14.5 Å². The van der Waals surface area contributed by atoms with Gasteiger partial charge in [0.15, 0.2) is 0 Å². The highest BCUT2D eigenvalue weighted by atomic mass is 32.2. The minimum atomic E-state index is -3.69. The molecule has 3 aromatic rings. The summed E-state index contributed by atoms with van der Waals surface area (Å²) in [7, 11) is -3.69. The van der Waals surface area contributed by atoms with E-state index in [1.165, 1.54) is 33.5 Å². The van der Waals surface area contributed by atoms with Gasteiger partial charge in [-0.15, -0.1) is 16.9 Å². The van der Waals surface area contributed by atoms with Crippen molar-refractivity contribution in [3.8, 4) is 0 Å². The van der Waals surface area contributed by atoms with Crippen LogP contribution in [0.2, 0.25) is 0 Å². The van der Waals surface area contributed by atoms with E-state index < -0.39 is 15.9 Å². The van der Waals surface area contributed by atoms with Crippen molar-refractivity contribution in [2.45, 2.75) is 61.4 Å². The van der Waals surface area contributed by atoms with Gasteiger partial charge in [0.25, 0.3) is 5.91 Å². The summed E-state index contributed by atoms with van der Waals surface area (Å²) in [5.41, 5.74) is 1.29. The molecule has 0 aliphatic carbocycles. The number of hydrogen-bond acceptors (Lipinski definition) is 8. The van der Waals surface area contributed by atoms with E-state index in [-0.39, 0.29) is 41.8 Å². The minimum absolute atomic E-state index is 0.0185. The van der Waals surface area contributed by atoms with Gasteiger partial charge in [-0.25, -0.2) is 8.42 Å². The van der Waals surface area contributed by atoms with Crippen molar-refractivity contribution in [3.05, 3.63) is 65.5 Å². The number of carbonyl (C=O) groups excluding carboxylic acids is 1. The van der Waals surface area contributed by atoms with Crippen LogP contribution in [0.3, 0.4) is 0 Å². The summed E-state index contributed by atoms with van der Waals surface area (Å²) in [5.74, 6) is -0.0946. The average molecular weight is 531 g/mol. The van der Waals surface area contributed by atoms with E-state index in [9.17, 15) is 13.2 Å². The molecule has 1 aromatic heterocycles. The van der Waals surface area contributed by atoms with Crippen molar-refractivity contribution in [2.75, 3.05) is 18.4 Å². The maximum Gasteiger partial charge on any atom is 0.322 e. The summed E-state index contributed by atoms with van der Waals surface area (Å²) in [6.45, 7) is 8.56. The Bertz CT molecular complexity index is 1280. The molecule has 0 bridgehead atoms. The zero-order valence-electron chi connectivity index (χ0n) is 20.7. The zero-order chi connectivity index (χ0) is 25.9. The zero-order valence-corrected chi connectivity index (χ0v) is 22.3. The second-order valence-electron chi connectivity index (χ2n) is 9.05. The van der Waals surface area contributed by atoms with Crippen LogP contribution in [0.1, 0.15) is 49.5 Å². The van der Waals surface area contributed by atoms with Crippen LogP contribution in [0.15, 0.2) is 62.7 Å². The number of thioether (sulfide) groups is 1. The van der Waals surface area contributed by atoms with Crippen molar-refractivity contribution in [1.29, 1.82) is 0 Å². The standard InChI is InChI=1S/C25H30N4O5S2/c1-16(2)35-21-9-5-19(6-10-21)13-23-27-28-25(34-23)26-24(30)20-7-11-22(12-8-20)36(31,32)29-14-17(3)33-18(4)15-29/h5-12,16-18H,13-15H2,1-4H3,(H,26,28,30). The van der Waals surface area contributed by atoms with Crippen molar-refractivity contribution < 1.29 is 22.4 Å². The highest BCUT2D eigenvalue weighted by Gasteiger charge is 2.32. The number of benzene rings is 2. The van der Waals surface area contributed by atoms with E-state index in [0.717, 1.165) is 5.56 Å². The third-order valence-electron chi connectivity index (χ3n) is 5.48. The number of nitrogens with zero attached hydrogens (tertiary/aromatic N) is 3. The number of carbonyl (C=O) groups is 1. The van der Waals surface area contributed by atoms with Gasteiger partial charge >= 0.3 is 6.01 Å². The lowest BCUT2D eigenvalue weighted by Crippen LogP contribution is -2.48. The minimum Gasteiger partial charge on any atom is -0.407 e. The Labute approximate surface area is 215 Å². The van der Waals surface area contributed by atoms with Crippen LogP contribution < -0.4 is 5.32 Å². The van der Waals surface area contributed by atoms with E-state index in [0.29, 0.717) is 17.6 Å². The second-order valence-corrected chi connectivity index (χ2v) is 12.6. The maximum absolute atomic E-state index is 13.0. The third kappa shape index (κ3) is 6.52. The first-order valence-corrected chi connectivity index (χ1v) is 14.1. The molecule has 192 valence electrons. The molecular formula is C25H30N4O5S2. The van der Waals surface area contributed by atoms with Gasteiger partial charge < -0.3 is 9.15 Å². The molecule has 2 heterocycles. The molecule has 2 unspecified atom stereocenters. The number of sulfonamides is 1. The fraction of sp³-hybridized carbons (Fsp3) is 0.400. The fourth-order valence-corrected chi connectivity index (χ4v) is 6.36. The summed E-state index contributed by atoms with van der Waals surface area (Å²) < 4.78 is 38.6. The predicted octanol–water partition coefficient (Wildman–Crippen LogP) is 4.21. The Morgan fingerprint density at radius 1 is 1.06 bits per heavy atom. The lowest BCUT2D eigenvalue weighted by molar-refractivity contribution is -0.0440. The molecule has 11 heteroatoms. The van der Waals surface area contributed by atoms with Crippen molar-refractivity contribution in [2.24, 2.45) is 0 Å². The summed E-state index contributed by atoms with van der Waals surface area (Å²) >= 11 is 1.79. The number of rotatable bonds is 8. The number of aromatic nitrogens is 2. The summed E-state index contributed by atoms with van der Waals surface area (Å²) in [6.07, 6.45) is 0.0770. The molecule has 0 saturated carbocycles. The number of nitrogens with one attached hydrogen (secondary N) is 1. The molecule has 9 nitrogen and oxygen atoms in total. The van der Waals surface area contributed by atoms with Crippen LogP contribution in [-0.2, 0) is 21.2 Å². The Hall–Kier alpha value is -2.73. The van der Waals surface area contributed by atoms with Crippen LogP contribution >= 0.6 is 11.8 Å². The summed E-state index contributed by atoms with van der Waals surface area (Å²) in [4.78, 5) is 14.0. The summed E-state index contributed by atoms with van der Waals surface area (Å²) in [6, 6.07) is 13.9. The smallest absolute Gasteiger partial charge is 0.322 e. The maximum atomic E-state index is 13.0. The van der Waals surface area contributed by atoms with Gasteiger partial charge in [-0.05, 0) is 55.8 Å². The molecule has 36 heavy (non-hydrogen) atoms. The van der Waals surface area contributed by atoms with Gasteiger partial charge in [0.2, 0.25) is 15.9 Å². The molecular weight excluding hydrogens is 500 g/mol. The molecule has 0 radical (unpaired) electrons. The van der Waals surface area contributed by atoms with Crippen LogP contribution in [0.25, 0.3) is 0 Å². The molecule has 1 aliphatic heterocycles. The van der Waals surface area contributed by atoms with Crippen LogP contribution in [-0.4, -0.2) is 59.4 Å². The Balaban J connectivity index is 1.37. The number of ether oxygens (including phenoxy) is 1. The predicted molar refractivity (Wildman–Crippen MR) is 138 cm³/mol. The normalized spacial score (nSPS) is 18.9. The molecule has 0 spiro atoms. The first kappa shape index (κ1) is 26.3. The molecule has 1 amide bonds. The van der Waals surface area contributed by atoms with E-state index in [1.807, 2.05) is 26.0 Å². The van der Waals surface area contributed by atoms with E-state index in [4.69, 9.17) is 9.15 Å². The Morgan fingerprint density at radius 2 is 1.69 bits per heavy atom. The molecule has 2 aromatic carbocycles. The quantitative estimate of drug-likeness (QED) is 0.431. The molecule has 1 fully saturated rings. The SMILES string of the molecule is CC1CN(S(=O)(=O)c2ccc(C(=O)Nc3nnc(Cc4ccc(SC(C)C)cc4)o3)cc2)CC(C)O1. The van der Waals surface area contributed by atoms with E-state index >= 15 is 0 Å². The average Bonchev–Trinajstić information content (AvgIpc) is 3.26. The van der Waals surface area contributed by atoms with E-state index in [1.54, 1.807) is 11.8 Å². The topological polar surface area (TPSA) is 115 Å². The number of amides is 1. The van der Waals surface area contributed by atoms with Crippen LogP contribution in [0.4, 0.5) is 6.01 Å². The highest BCUT2D eigenvalue weighted by molar-refractivity contribution is 7.99. The number of morpholine rings is 1. The van der Waals surface area contributed by atoms with Gasteiger partial charge in [-0.1, -0.05) is 31.1 Å². The highest BCUT2D eigenvalue weighted by Crippen LogP contribution is 2.24. The number of hydrogen-bond donors (Lipinski definition) is 1. The van der Waals surface area contributed by atoms with Gasteiger partial charge in [-0.3, -0.25) is 10.1 Å². The van der Waals surface area contributed by atoms with Gasteiger partial charge in [-0.2, -0.15) is 4.31 Å². The van der Waals surface area contributed by atoms with Crippen molar-refractivity contribution >= 4 is 33.7 Å². The van der Waals surface area contributed by atoms with Crippen molar-refractivity contribution in [3.63, 3.8) is 0 Å². The lowest BCUT2D eigenvalue weighted by atomic mass is 10.1. The van der Waals surface area contributed by atoms with Gasteiger partial charge in [0.1, 0.15) is 0 Å². The molecule has 2 atom stereocenters. The van der Waals surface area contributed by atoms with Crippen LogP contribution in [0, 0.1) is 0 Å². The Morgan fingerprint density at radius 3 is 2.31 bits per heavy atom. The Kier molecular flexibility index (Phi) is 8.13. The monoisotopic (exact) mass is 530 g/mol. The third-order valence-corrected chi connectivity index (χ3v) is 8.34. The first-order chi connectivity index (χ1) is 17.1. The first-order valence-electron chi connectivity index (χ1n) is 11.7. The summed E-state index contributed by atoms with van der Waals surface area (Å²) in [5, 5.41) is 11.0.